The predicted molar refractivity (Wildman–Crippen MR) is 78.8 cm³/mol. The van der Waals surface area contributed by atoms with Crippen molar-refractivity contribution >= 4 is 15.9 Å². The molecule has 19 heavy (non-hydrogen) atoms. The van der Waals surface area contributed by atoms with Crippen LogP contribution in [-0.4, -0.2) is 16.7 Å². The Morgan fingerprint density at radius 1 is 1.32 bits per heavy atom. The van der Waals surface area contributed by atoms with Crippen LogP contribution in [0.1, 0.15) is 38.6 Å². The molecule has 2 rings (SSSR count). The fourth-order valence-corrected chi connectivity index (χ4v) is 2.24. The normalized spacial score (nSPS) is 12.6. The Bertz CT molecular complexity index is 527. The third-order valence-electron chi connectivity index (χ3n) is 2.86. The van der Waals surface area contributed by atoms with Crippen molar-refractivity contribution in [2.75, 3.05) is 6.54 Å². The zero-order valence-corrected chi connectivity index (χ0v) is 12.8. The van der Waals surface area contributed by atoms with Crippen molar-refractivity contribution in [2.45, 2.75) is 32.7 Å². The number of nitrogens with zero attached hydrogens (tertiary/aromatic N) is 2. The van der Waals surface area contributed by atoms with Crippen molar-refractivity contribution < 1.29 is 4.42 Å². The molecule has 1 aromatic carbocycles. The molecule has 1 atom stereocenters. The molecule has 102 valence electrons. The molecule has 0 aliphatic carbocycles. The first-order chi connectivity index (χ1) is 9.24. The van der Waals surface area contributed by atoms with Crippen LogP contribution in [0, 0.1) is 0 Å². The van der Waals surface area contributed by atoms with E-state index in [2.05, 4.69) is 45.3 Å². The molecule has 1 heterocycles. The maximum absolute atomic E-state index is 5.77. The summed E-state index contributed by atoms with van der Waals surface area (Å²) in [5.41, 5.74) is 0.929. The Morgan fingerprint density at radius 3 is 2.84 bits per heavy atom. The lowest BCUT2D eigenvalue weighted by Crippen LogP contribution is -2.21. The number of aromatic nitrogens is 2. The molecule has 5 heteroatoms. The highest BCUT2D eigenvalue weighted by Crippen LogP contribution is 2.24. The summed E-state index contributed by atoms with van der Waals surface area (Å²) >= 11 is 3.44. The van der Waals surface area contributed by atoms with Gasteiger partial charge in [0.05, 0.1) is 6.04 Å². The summed E-state index contributed by atoms with van der Waals surface area (Å²) < 4.78 is 6.77. The molecule has 4 nitrogen and oxygen atoms in total. The molecule has 2 aromatic rings. The highest BCUT2D eigenvalue weighted by molar-refractivity contribution is 9.10. The van der Waals surface area contributed by atoms with E-state index in [0.717, 1.165) is 29.4 Å². The second-order valence-corrected chi connectivity index (χ2v) is 5.29. The van der Waals surface area contributed by atoms with E-state index in [9.17, 15) is 0 Å². The van der Waals surface area contributed by atoms with E-state index in [1.54, 1.807) is 0 Å². The van der Waals surface area contributed by atoms with E-state index < -0.39 is 0 Å². The average molecular weight is 324 g/mol. The molecule has 0 bridgehead atoms. The quantitative estimate of drug-likeness (QED) is 0.874. The van der Waals surface area contributed by atoms with E-state index in [0.29, 0.717) is 11.8 Å². The second kappa shape index (κ2) is 6.82. The monoisotopic (exact) mass is 323 g/mol. The van der Waals surface area contributed by atoms with Gasteiger partial charge in [0.25, 0.3) is 0 Å². The predicted octanol–water partition coefficient (Wildman–Crippen LogP) is 3.95. The zero-order valence-electron chi connectivity index (χ0n) is 11.2. The van der Waals surface area contributed by atoms with Crippen molar-refractivity contribution in [3.05, 3.63) is 34.6 Å². The lowest BCUT2D eigenvalue weighted by Gasteiger charge is -2.11. The van der Waals surface area contributed by atoms with Gasteiger partial charge in [-0.05, 0) is 37.6 Å². The SMILES string of the molecule is CCCNC(CC)c1nnc(-c2cccc(Br)c2)o1. The molecule has 0 aliphatic heterocycles. The minimum absolute atomic E-state index is 0.133. The molecule has 0 radical (unpaired) electrons. The molecule has 1 aromatic heterocycles. The van der Waals surface area contributed by atoms with Crippen LogP contribution in [0.15, 0.2) is 33.2 Å². The molecule has 1 unspecified atom stereocenters. The van der Waals surface area contributed by atoms with Crippen LogP contribution in [-0.2, 0) is 0 Å². The smallest absolute Gasteiger partial charge is 0.247 e. The van der Waals surface area contributed by atoms with Crippen molar-refractivity contribution in [2.24, 2.45) is 0 Å². The third-order valence-corrected chi connectivity index (χ3v) is 3.35. The van der Waals surface area contributed by atoms with Crippen LogP contribution >= 0.6 is 15.9 Å². The fraction of sp³-hybridized carbons (Fsp3) is 0.429. The van der Waals surface area contributed by atoms with Crippen LogP contribution in [0.3, 0.4) is 0 Å². The number of rotatable bonds is 6. The van der Waals surface area contributed by atoms with Gasteiger partial charge in [-0.25, -0.2) is 0 Å². The maximum Gasteiger partial charge on any atom is 0.247 e. The minimum Gasteiger partial charge on any atom is -0.419 e. The maximum atomic E-state index is 5.77. The van der Waals surface area contributed by atoms with Gasteiger partial charge in [0.2, 0.25) is 11.8 Å². The first-order valence-corrected chi connectivity index (χ1v) is 7.36. The van der Waals surface area contributed by atoms with Gasteiger partial charge in [-0.2, -0.15) is 0 Å². The number of halogens is 1. The largest absolute Gasteiger partial charge is 0.419 e. The molecule has 0 amide bonds. The third kappa shape index (κ3) is 3.64. The molecule has 0 aliphatic rings. The Hall–Kier alpha value is -1.20. The van der Waals surface area contributed by atoms with Gasteiger partial charge in [0.15, 0.2) is 0 Å². The Balaban J connectivity index is 2.18. The highest BCUT2D eigenvalue weighted by atomic mass is 79.9. The fourth-order valence-electron chi connectivity index (χ4n) is 1.84. The summed E-state index contributed by atoms with van der Waals surface area (Å²) in [6.07, 6.45) is 2.02. The molecule has 1 N–H and O–H groups in total. The Morgan fingerprint density at radius 2 is 2.16 bits per heavy atom. The molecular weight excluding hydrogens is 306 g/mol. The first-order valence-electron chi connectivity index (χ1n) is 6.57. The minimum atomic E-state index is 0.133. The highest BCUT2D eigenvalue weighted by Gasteiger charge is 2.16. The number of nitrogens with one attached hydrogen (secondary N) is 1. The molecular formula is C14H18BrN3O. The summed E-state index contributed by atoms with van der Waals surface area (Å²) in [7, 11) is 0. The summed E-state index contributed by atoms with van der Waals surface area (Å²) in [5.74, 6) is 1.22. The van der Waals surface area contributed by atoms with Gasteiger partial charge in [-0.1, -0.05) is 35.8 Å². The van der Waals surface area contributed by atoms with Crippen molar-refractivity contribution in [1.29, 1.82) is 0 Å². The van der Waals surface area contributed by atoms with Crippen LogP contribution in [0.25, 0.3) is 11.5 Å². The first kappa shape index (κ1) is 14.2. The molecule has 0 saturated heterocycles. The zero-order chi connectivity index (χ0) is 13.7. The van der Waals surface area contributed by atoms with Crippen LogP contribution in [0.5, 0.6) is 0 Å². The van der Waals surface area contributed by atoms with E-state index in [1.165, 1.54) is 0 Å². The van der Waals surface area contributed by atoms with Crippen molar-refractivity contribution in [3.8, 4) is 11.5 Å². The summed E-state index contributed by atoms with van der Waals surface area (Å²) in [4.78, 5) is 0. The van der Waals surface area contributed by atoms with E-state index in [-0.39, 0.29) is 6.04 Å². The van der Waals surface area contributed by atoms with Crippen LogP contribution in [0.4, 0.5) is 0 Å². The Labute approximate surface area is 121 Å². The van der Waals surface area contributed by atoms with Gasteiger partial charge in [-0.3, -0.25) is 0 Å². The van der Waals surface area contributed by atoms with E-state index in [1.807, 2.05) is 24.3 Å². The van der Waals surface area contributed by atoms with Gasteiger partial charge in [-0.15, -0.1) is 10.2 Å². The van der Waals surface area contributed by atoms with Crippen molar-refractivity contribution in [1.82, 2.24) is 15.5 Å². The summed E-state index contributed by atoms with van der Waals surface area (Å²) in [5, 5.41) is 11.7. The van der Waals surface area contributed by atoms with E-state index >= 15 is 0 Å². The molecule has 0 saturated carbocycles. The molecule has 0 fully saturated rings. The van der Waals surface area contributed by atoms with Crippen molar-refractivity contribution in [3.63, 3.8) is 0 Å². The number of hydrogen-bond acceptors (Lipinski definition) is 4. The lowest BCUT2D eigenvalue weighted by molar-refractivity contribution is 0.396. The summed E-state index contributed by atoms with van der Waals surface area (Å²) in [6, 6.07) is 7.99. The number of benzene rings is 1. The van der Waals surface area contributed by atoms with Gasteiger partial charge in [0, 0.05) is 10.0 Å². The van der Waals surface area contributed by atoms with Gasteiger partial charge < -0.3 is 9.73 Å². The topological polar surface area (TPSA) is 51.0 Å². The standard InChI is InChI=1S/C14H18BrN3O/c1-3-8-16-12(4-2)14-18-17-13(19-14)10-6-5-7-11(15)9-10/h5-7,9,12,16H,3-4,8H2,1-2H3. The van der Waals surface area contributed by atoms with Gasteiger partial charge in [0.1, 0.15) is 0 Å². The Kier molecular flexibility index (Phi) is 5.10. The van der Waals surface area contributed by atoms with Crippen LogP contribution < -0.4 is 5.32 Å². The number of hydrogen-bond donors (Lipinski definition) is 1. The van der Waals surface area contributed by atoms with Gasteiger partial charge >= 0.3 is 0 Å². The van der Waals surface area contributed by atoms with E-state index in [4.69, 9.17) is 4.42 Å². The average Bonchev–Trinajstić information content (AvgIpc) is 2.89. The second-order valence-electron chi connectivity index (χ2n) is 4.37. The van der Waals surface area contributed by atoms with Crippen LogP contribution in [0.2, 0.25) is 0 Å². The molecule has 0 spiro atoms. The lowest BCUT2D eigenvalue weighted by atomic mass is 10.2. The summed E-state index contributed by atoms with van der Waals surface area (Å²) in [6.45, 7) is 5.20.